The molecule has 0 radical (unpaired) electrons. The minimum absolute atomic E-state index is 0.198. The number of carboxylic acid groups (broad SMARTS) is 2. The Labute approximate surface area is 116 Å². The summed E-state index contributed by atoms with van der Waals surface area (Å²) in [5, 5.41) is 24.1. The van der Waals surface area contributed by atoms with Crippen LogP contribution in [0.15, 0.2) is 11.6 Å². The van der Waals surface area contributed by atoms with Crippen LogP contribution in [-0.4, -0.2) is 71.5 Å². The second-order valence-corrected chi connectivity index (χ2v) is 4.20. The lowest BCUT2D eigenvalue weighted by Crippen LogP contribution is -2.28. The lowest BCUT2D eigenvalue weighted by molar-refractivity contribution is -0.152. The van der Waals surface area contributed by atoms with Crippen molar-refractivity contribution in [3.05, 3.63) is 11.6 Å². The molecular weight excluding hydrogens is 270 g/mol. The molecule has 1 atom stereocenters. The van der Waals surface area contributed by atoms with Crippen LogP contribution < -0.4 is 0 Å². The minimum atomic E-state index is -1.79. The van der Waals surface area contributed by atoms with Gasteiger partial charge in [-0.05, 0) is 13.5 Å². The first-order valence-electron chi connectivity index (χ1n) is 5.86. The van der Waals surface area contributed by atoms with E-state index in [9.17, 15) is 14.4 Å². The van der Waals surface area contributed by atoms with Gasteiger partial charge in [0.25, 0.3) is 0 Å². The molecule has 0 saturated heterocycles. The molecule has 114 valence electrons. The Morgan fingerprint density at radius 3 is 2.35 bits per heavy atom. The molecule has 0 bridgehead atoms. The lowest BCUT2D eigenvalue weighted by Gasteiger charge is -2.21. The number of nitrogens with zero attached hydrogens (tertiary/aromatic N) is 1. The van der Waals surface area contributed by atoms with E-state index in [1.807, 2.05) is 13.1 Å². The van der Waals surface area contributed by atoms with Crippen LogP contribution >= 0.6 is 0 Å². The number of carbonyl (C=O) groups excluding carboxylic acids is 1. The molecule has 0 aliphatic carbocycles. The Kier molecular flexibility index (Phi) is 8.18. The number of likely N-dealkylation sites (N-methyl/N-ethyl adjacent to an activating group) is 1. The fraction of sp³-hybridized carbons (Fsp3) is 0.583. The topological polar surface area (TPSA) is 124 Å². The summed E-state index contributed by atoms with van der Waals surface area (Å²) in [7, 11) is 3.41. The molecule has 1 rings (SSSR count). The van der Waals surface area contributed by atoms with E-state index in [1.165, 1.54) is 7.11 Å². The highest BCUT2D eigenvalue weighted by molar-refractivity contribution is 5.88. The average molecular weight is 289 g/mol. The number of rotatable bonds is 4. The number of methoxy groups -OCH3 is 1. The maximum Gasteiger partial charge on any atom is 0.334 e. The van der Waals surface area contributed by atoms with Crippen molar-refractivity contribution in [1.82, 2.24) is 4.90 Å². The zero-order valence-electron chi connectivity index (χ0n) is 11.4. The monoisotopic (exact) mass is 289 g/mol. The molecule has 0 saturated carbocycles. The van der Waals surface area contributed by atoms with E-state index in [0.29, 0.717) is 6.54 Å². The number of ether oxygens (including phenoxy) is 1. The molecule has 20 heavy (non-hydrogen) atoms. The molecule has 8 heteroatoms. The lowest BCUT2D eigenvalue weighted by atomic mass is 10.1. The van der Waals surface area contributed by atoms with Crippen LogP contribution in [0.5, 0.6) is 0 Å². The molecule has 0 aromatic carbocycles. The van der Waals surface area contributed by atoms with Crippen LogP contribution in [0.1, 0.15) is 12.8 Å². The highest BCUT2D eigenvalue weighted by Crippen LogP contribution is 2.08. The number of aliphatic carboxylic acids is 2. The standard InChI is InChI=1S/C8H13NO2.C4H6O5/c1-9-5-3-4-7(6-9)8(10)11-2;5-2(4(8)9)1-3(6)7/h4H,3,5-6H2,1-2H3;2,5H,1H2,(H,6,7)(H,8,9). The van der Waals surface area contributed by atoms with Gasteiger partial charge in [0.2, 0.25) is 0 Å². The van der Waals surface area contributed by atoms with E-state index in [0.717, 1.165) is 18.5 Å². The second kappa shape index (κ2) is 9.05. The van der Waals surface area contributed by atoms with Crippen molar-refractivity contribution in [3.8, 4) is 0 Å². The summed E-state index contributed by atoms with van der Waals surface area (Å²) in [5.41, 5.74) is 0.779. The predicted molar refractivity (Wildman–Crippen MR) is 68.1 cm³/mol. The zero-order valence-corrected chi connectivity index (χ0v) is 11.4. The Hall–Kier alpha value is -1.93. The van der Waals surface area contributed by atoms with Crippen molar-refractivity contribution < 1.29 is 34.4 Å². The fourth-order valence-electron chi connectivity index (χ4n) is 1.43. The van der Waals surface area contributed by atoms with Gasteiger partial charge < -0.3 is 25.0 Å². The van der Waals surface area contributed by atoms with Crippen LogP contribution in [-0.2, 0) is 19.1 Å². The van der Waals surface area contributed by atoms with Gasteiger partial charge >= 0.3 is 17.9 Å². The highest BCUT2D eigenvalue weighted by Gasteiger charge is 2.16. The van der Waals surface area contributed by atoms with Crippen LogP contribution in [0.2, 0.25) is 0 Å². The molecular formula is C12H19NO7. The van der Waals surface area contributed by atoms with Crippen LogP contribution in [0.25, 0.3) is 0 Å². The third kappa shape index (κ3) is 7.49. The smallest absolute Gasteiger partial charge is 0.334 e. The molecule has 8 nitrogen and oxygen atoms in total. The van der Waals surface area contributed by atoms with Crippen LogP contribution in [0.3, 0.4) is 0 Å². The molecule has 1 heterocycles. The quantitative estimate of drug-likeness (QED) is 0.582. The summed E-state index contributed by atoms with van der Waals surface area (Å²) < 4.78 is 4.60. The summed E-state index contributed by atoms with van der Waals surface area (Å²) in [6.07, 6.45) is 0.352. The zero-order chi connectivity index (χ0) is 15.7. The number of aliphatic hydroxyl groups excluding tert-OH is 1. The van der Waals surface area contributed by atoms with Gasteiger partial charge in [0.1, 0.15) is 0 Å². The average Bonchev–Trinajstić information content (AvgIpc) is 2.37. The third-order valence-corrected chi connectivity index (χ3v) is 2.44. The summed E-state index contributed by atoms with van der Waals surface area (Å²) in [6, 6.07) is 0. The van der Waals surface area contributed by atoms with Gasteiger partial charge in [0.05, 0.1) is 13.5 Å². The summed E-state index contributed by atoms with van der Waals surface area (Å²) in [6.45, 7) is 1.74. The van der Waals surface area contributed by atoms with Gasteiger partial charge in [0, 0.05) is 18.7 Å². The summed E-state index contributed by atoms with van der Waals surface area (Å²) in [4.78, 5) is 32.5. The molecule has 3 N–H and O–H groups in total. The third-order valence-electron chi connectivity index (χ3n) is 2.44. The fourth-order valence-corrected chi connectivity index (χ4v) is 1.43. The van der Waals surface area contributed by atoms with Crippen LogP contribution in [0.4, 0.5) is 0 Å². The van der Waals surface area contributed by atoms with E-state index in [-0.39, 0.29) is 5.97 Å². The van der Waals surface area contributed by atoms with Crippen molar-refractivity contribution in [1.29, 1.82) is 0 Å². The molecule has 0 aromatic heterocycles. The van der Waals surface area contributed by atoms with E-state index in [4.69, 9.17) is 15.3 Å². The van der Waals surface area contributed by atoms with Gasteiger partial charge in [-0.25, -0.2) is 9.59 Å². The van der Waals surface area contributed by atoms with Crippen molar-refractivity contribution in [2.75, 3.05) is 27.2 Å². The maximum atomic E-state index is 11.0. The molecule has 0 aromatic rings. The Bertz CT molecular complexity index is 391. The van der Waals surface area contributed by atoms with Crippen molar-refractivity contribution in [2.24, 2.45) is 0 Å². The van der Waals surface area contributed by atoms with E-state index in [2.05, 4.69) is 9.64 Å². The molecule has 1 aliphatic rings. The second-order valence-electron chi connectivity index (χ2n) is 4.20. The largest absolute Gasteiger partial charge is 0.481 e. The molecule has 0 spiro atoms. The summed E-state index contributed by atoms with van der Waals surface area (Å²) in [5.74, 6) is -3.04. The van der Waals surface area contributed by atoms with Gasteiger partial charge in [-0.1, -0.05) is 6.08 Å². The molecule has 1 aliphatic heterocycles. The Balaban J connectivity index is 0.000000370. The van der Waals surface area contributed by atoms with Crippen LogP contribution in [0, 0.1) is 0 Å². The van der Waals surface area contributed by atoms with Gasteiger partial charge in [0.15, 0.2) is 6.10 Å². The van der Waals surface area contributed by atoms with E-state index in [1.54, 1.807) is 0 Å². The number of esters is 1. The number of carboxylic acids is 2. The number of hydrogen-bond acceptors (Lipinski definition) is 6. The van der Waals surface area contributed by atoms with Gasteiger partial charge in [-0.3, -0.25) is 4.79 Å². The van der Waals surface area contributed by atoms with Gasteiger partial charge in [-0.15, -0.1) is 0 Å². The molecule has 0 amide bonds. The first-order chi connectivity index (χ1) is 9.27. The predicted octanol–water partition coefficient (Wildman–Crippen LogP) is -0.672. The summed E-state index contributed by atoms with van der Waals surface area (Å²) >= 11 is 0. The number of aliphatic hydroxyl groups is 1. The van der Waals surface area contributed by atoms with E-state index < -0.39 is 24.5 Å². The Morgan fingerprint density at radius 1 is 1.40 bits per heavy atom. The maximum absolute atomic E-state index is 11.0. The van der Waals surface area contributed by atoms with Crippen molar-refractivity contribution in [2.45, 2.75) is 18.9 Å². The number of hydrogen-bond donors (Lipinski definition) is 3. The normalized spacial score (nSPS) is 16.2. The first kappa shape index (κ1) is 18.1. The van der Waals surface area contributed by atoms with Gasteiger partial charge in [-0.2, -0.15) is 0 Å². The number of carbonyl (C=O) groups is 3. The molecule has 0 fully saturated rings. The SMILES string of the molecule is COC(=O)C1=CCCN(C)C1.O=C(O)CC(O)C(=O)O. The van der Waals surface area contributed by atoms with Crippen molar-refractivity contribution in [3.63, 3.8) is 0 Å². The van der Waals surface area contributed by atoms with E-state index >= 15 is 0 Å². The Morgan fingerprint density at radius 2 is 2.00 bits per heavy atom. The first-order valence-corrected chi connectivity index (χ1v) is 5.86. The minimum Gasteiger partial charge on any atom is -0.481 e. The van der Waals surface area contributed by atoms with Crippen molar-refractivity contribution >= 4 is 17.9 Å². The highest BCUT2D eigenvalue weighted by atomic mass is 16.5. The molecule has 1 unspecified atom stereocenters.